The van der Waals surface area contributed by atoms with Gasteiger partial charge in [-0.3, -0.25) is 0 Å². The molecule has 1 saturated heterocycles. The fourth-order valence-corrected chi connectivity index (χ4v) is 2.92. The first-order chi connectivity index (χ1) is 11.6. The molecule has 6 heteroatoms. The fraction of sp³-hybridized carbons (Fsp3) is 0.667. The molecule has 2 rings (SSSR count). The van der Waals surface area contributed by atoms with E-state index in [1.807, 2.05) is 6.07 Å². The van der Waals surface area contributed by atoms with Gasteiger partial charge in [0.15, 0.2) is 0 Å². The Kier molecular flexibility index (Phi) is 7.45. The van der Waals surface area contributed by atoms with E-state index in [1.165, 1.54) is 0 Å². The quantitative estimate of drug-likeness (QED) is 0.530. The maximum Gasteiger partial charge on any atom is 0.125 e. The van der Waals surface area contributed by atoms with Crippen LogP contribution in [0.5, 0.6) is 5.75 Å². The van der Waals surface area contributed by atoms with Crippen molar-refractivity contribution < 1.29 is 29.9 Å². The fourth-order valence-electron chi connectivity index (χ4n) is 2.92. The van der Waals surface area contributed by atoms with Crippen molar-refractivity contribution in [1.82, 2.24) is 0 Å². The molecule has 0 spiro atoms. The zero-order valence-electron chi connectivity index (χ0n) is 14.0. The molecule has 0 aromatic heterocycles. The summed E-state index contributed by atoms with van der Waals surface area (Å²) >= 11 is 0. The van der Waals surface area contributed by atoms with Crippen molar-refractivity contribution in [3.63, 3.8) is 0 Å². The van der Waals surface area contributed by atoms with Crippen molar-refractivity contribution in [1.29, 1.82) is 0 Å². The number of aliphatic hydroxyl groups excluding tert-OH is 4. The van der Waals surface area contributed by atoms with Crippen molar-refractivity contribution in [3.8, 4) is 5.75 Å². The van der Waals surface area contributed by atoms with E-state index < -0.39 is 37.1 Å². The average Bonchev–Trinajstić information content (AvgIpc) is 2.60. The maximum atomic E-state index is 10.3. The van der Waals surface area contributed by atoms with Crippen LogP contribution in [-0.2, 0) is 4.74 Å². The normalized spacial score (nSPS) is 30.3. The molecule has 0 saturated carbocycles. The van der Waals surface area contributed by atoms with Gasteiger partial charge in [0, 0.05) is 5.56 Å². The zero-order valence-corrected chi connectivity index (χ0v) is 14.0. The van der Waals surface area contributed by atoms with Crippen molar-refractivity contribution in [3.05, 3.63) is 29.8 Å². The molecular weight excluding hydrogens is 312 g/mol. The highest BCUT2D eigenvalue weighted by molar-refractivity contribution is 5.36. The van der Waals surface area contributed by atoms with Crippen molar-refractivity contribution in [2.24, 2.45) is 0 Å². The van der Waals surface area contributed by atoms with Gasteiger partial charge in [-0.25, -0.2) is 0 Å². The second-order valence-corrected chi connectivity index (χ2v) is 6.20. The molecule has 1 aromatic carbocycles. The molecular formula is C18H28O6. The Morgan fingerprint density at radius 1 is 1.00 bits per heavy atom. The third-order valence-corrected chi connectivity index (χ3v) is 4.37. The van der Waals surface area contributed by atoms with Gasteiger partial charge in [-0.15, -0.1) is 0 Å². The van der Waals surface area contributed by atoms with E-state index in [0.29, 0.717) is 17.9 Å². The van der Waals surface area contributed by atoms with E-state index in [1.54, 1.807) is 18.2 Å². The summed E-state index contributed by atoms with van der Waals surface area (Å²) in [6.07, 6.45) is -1.48. The number of benzene rings is 1. The van der Waals surface area contributed by atoms with Crippen LogP contribution in [0.3, 0.4) is 0 Å². The largest absolute Gasteiger partial charge is 0.493 e. The highest BCUT2D eigenvalue weighted by Gasteiger charge is 2.44. The molecule has 0 aliphatic carbocycles. The molecule has 0 amide bonds. The second-order valence-electron chi connectivity index (χ2n) is 6.20. The van der Waals surface area contributed by atoms with Crippen LogP contribution in [0.2, 0.25) is 0 Å². The molecule has 4 N–H and O–H groups in total. The lowest BCUT2D eigenvalue weighted by Gasteiger charge is -2.40. The molecule has 1 fully saturated rings. The minimum Gasteiger partial charge on any atom is -0.493 e. The number of para-hydroxylation sites is 1. The summed E-state index contributed by atoms with van der Waals surface area (Å²) in [6, 6.07) is 7.17. The van der Waals surface area contributed by atoms with Gasteiger partial charge in [-0.1, -0.05) is 44.4 Å². The van der Waals surface area contributed by atoms with Gasteiger partial charge >= 0.3 is 0 Å². The number of unbranched alkanes of at least 4 members (excludes halogenated alkanes) is 3. The molecule has 1 aliphatic rings. The average molecular weight is 340 g/mol. The Labute approximate surface area is 142 Å². The predicted octanol–water partition coefficient (Wildman–Crippen LogP) is 1.16. The smallest absolute Gasteiger partial charge is 0.125 e. The minimum atomic E-state index is -1.39. The van der Waals surface area contributed by atoms with Crippen molar-refractivity contribution >= 4 is 0 Å². The maximum absolute atomic E-state index is 10.3. The number of hydrogen-bond acceptors (Lipinski definition) is 6. The Hall–Kier alpha value is -1.18. The summed E-state index contributed by atoms with van der Waals surface area (Å²) in [5, 5.41) is 39.4. The summed E-state index contributed by atoms with van der Waals surface area (Å²) < 4.78 is 11.4. The predicted molar refractivity (Wildman–Crippen MR) is 88.8 cm³/mol. The van der Waals surface area contributed by atoms with Crippen molar-refractivity contribution in [2.75, 3.05) is 13.2 Å². The third kappa shape index (κ3) is 4.46. The highest BCUT2D eigenvalue weighted by Crippen LogP contribution is 2.36. The Balaban J connectivity index is 2.09. The topological polar surface area (TPSA) is 99.4 Å². The summed E-state index contributed by atoms with van der Waals surface area (Å²) in [4.78, 5) is 0. The Morgan fingerprint density at radius 3 is 2.46 bits per heavy atom. The van der Waals surface area contributed by atoms with E-state index in [0.717, 1.165) is 25.7 Å². The first kappa shape index (κ1) is 19.1. The van der Waals surface area contributed by atoms with Crippen LogP contribution >= 0.6 is 0 Å². The highest BCUT2D eigenvalue weighted by atomic mass is 16.5. The first-order valence-corrected chi connectivity index (χ1v) is 8.62. The lowest BCUT2D eigenvalue weighted by molar-refractivity contribution is -0.232. The van der Waals surface area contributed by atoms with Crippen LogP contribution in [0.1, 0.15) is 44.3 Å². The number of ether oxygens (including phenoxy) is 2. The van der Waals surface area contributed by atoms with Gasteiger partial charge in [-0.2, -0.15) is 0 Å². The summed E-state index contributed by atoms with van der Waals surface area (Å²) in [5.41, 5.74) is 0.602. The zero-order chi connectivity index (χ0) is 17.5. The molecule has 1 unspecified atom stereocenters. The van der Waals surface area contributed by atoms with Gasteiger partial charge in [0.05, 0.1) is 13.2 Å². The van der Waals surface area contributed by atoms with Crippen LogP contribution < -0.4 is 4.74 Å². The number of rotatable bonds is 8. The van der Waals surface area contributed by atoms with E-state index >= 15 is 0 Å². The van der Waals surface area contributed by atoms with Crippen LogP contribution in [0.25, 0.3) is 0 Å². The molecule has 1 aliphatic heterocycles. The van der Waals surface area contributed by atoms with Gasteiger partial charge in [0.2, 0.25) is 0 Å². The molecule has 0 radical (unpaired) electrons. The van der Waals surface area contributed by atoms with Gasteiger partial charge in [-0.05, 0) is 12.5 Å². The molecule has 5 atom stereocenters. The van der Waals surface area contributed by atoms with E-state index in [4.69, 9.17) is 9.47 Å². The first-order valence-electron chi connectivity index (χ1n) is 8.62. The van der Waals surface area contributed by atoms with E-state index in [-0.39, 0.29) is 0 Å². The SMILES string of the molecule is CCCCCCOc1ccccc1C1O[C@H](CO)[C@@H](O)[C@H](O)[C@H]1O. The summed E-state index contributed by atoms with van der Waals surface area (Å²) in [7, 11) is 0. The molecule has 136 valence electrons. The van der Waals surface area contributed by atoms with Crippen molar-refractivity contribution in [2.45, 2.75) is 63.1 Å². The summed E-state index contributed by atoms with van der Waals surface area (Å²) in [5.74, 6) is 0.582. The van der Waals surface area contributed by atoms with Gasteiger partial charge in [0.1, 0.15) is 36.3 Å². The van der Waals surface area contributed by atoms with Crippen LogP contribution in [0.15, 0.2) is 24.3 Å². The molecule has 1 aromatic rings. The molecule has 24 heavy (non-hydrogen) atoms. The monoisotopic (exact) mass is 340 g/mol. The minimum absolute atomic E-state index is 0.443. The van der Waals surface area contributed by atoms with Crippen LogP contribution in [0, 0.1) is 0 Å². The van der Waals surface area contributed by atoms with E-state index in [2.05, 4.69) is 6.92 Å². The molecule has 1 heterocycles. The second kappa shape index (κ2) is 9.34. The van der Waals surface area contributed by atoms with E-state index in [9.17, 15) is 20.4 Å². The molecule has 0 bridgehead atoms. The van der Waals surface area contributed by atoms with Crippen LogP contribution in [0.4, 0.5) is 0 Å². The van der Waals surface area contributed by atoms with Crippen LogP contribution in [-0.4, -0.2) is 58.1 Å². The van der Waals surface area contributed by atoms with Gasteiger partial charge < -0.3 is 29.9 Å². The number of hydrogen-bond donors (Lipinski definition) is 4. The summed E-state index contributed by atoms with van der Waals surface area (Å²) in [6.45, 7) is 2.27. The number of aliphatic hydroxyl groups is 4. The third-order valence-electron chi connectivity index (χ3n) is 4.37. The lowest BCUT2D eigenvalue weighted by atomic mass is 9.91. The Bertz CT molecular complexity index is 492. The standard InChI is InChI=1S/C18H28O6/c1-2-3-4-7-10-23-13-9-6-5-8-12(13)18-17(22)16(21)15(20)14(11-19)24-18/h5-6,8-9,14-22H,2-4,7,10-11H2,1H3/t14-,15-,16+,17-,18?/m1/s1. The molecule has 6 nitrogen and oxygen atoms in total. The lowest BCUT2D eigenvalue weighted by Crippen LogP contribution is -2.55. The Morgan fingerprint density at radius 2 is 1.75 bits per heavy atom. The van der Waals surface area contributed by atoms with Gasteiger partial charge in [0.25, 0.3) is 0 Å².